The summed E-state index contributed by atoms with van der Waals surface area (Å²) in [4.78, 5) is 25.0. The molecule has 0 spiro atoms. The molecule has 1 amide bonds. The van der Waals surface area contributed by atoms with Crippen molar-refractivity contribution in [2.45, 2.75) is 49.1 Å². The SMILES string of the molecule is CCn1c(SC2CCN(c3cccc([N+](=O)[O-])c3)C2=O)nnc1C1CC1. The Labute approximate surface area is 154 Å². The molecule has 2 heterocycles. The van der Waals surface area contributed by atoms with Crippen LogP contribution in [0.3, 0.4) is 0 Å². The maximum atomic E-state index is 12.8. The molecule has 26 heavy (non-hydrogen) atoms. The molecule has 2 fully saturated rings. The summed E-state index contributed by atoms with van der Waals surface area (Å²) in [6, 6.07) is 6.22. The number of nitrogens with zero attached hydrogens (tertiary/aromatic N) is 5. The molecule has 1 saturated carbocycles. The van der Waals surface area contributed by atoms with E-state index in [9.17, 15) is 14.9 Å². The monoisotopic (exact) mass is 373 g/mol. The second kappa shape index (κ2) is 6.71. The predicted molar refractivity (Wildman–Crippen MR) is 97.4 cm³/mol. The fourth-order valence-electron chi connectivity index (χ4n) is 3.25. The largest absolute Gasteiger partial charge is 0.311 e. The summed E-state index contributed by atoms with van der Waals surface area (Å²) in [5.74, 6) is 1.50. The van der Waals surface area contributed by atoms with Crippen molar-refractivity contribution < 1.29 is 9.72 Å². The summed E-state index contributed by atoms with van der Waals surface area (Å²) in [7, 11) is 0. The molecule has 1 aromatic carbocycles. The highest BCUT2D eigenvalue weighted by atomic mass is 32.2. The fourth-order valence-corrected chi connectivity index (χ4v) is 4.39. The first-order valence-corrected chi connectivity index (χ1v) is 9.62. The van der Waals surface area contributed by atoms with Gasteiger partial charge in [-0.1, -0.05) is 17.8 Å². The van der Waals surface area contributed by atoms with Gasteiger partial charge in [-0.3, -0.25) is 14.9 Å². The highest BCUT2D eigenvalue weighted by molar-refractivity contribution is 8.00. The minimum absolute atomic E-state index is 0.00814. The maximum Gasteiger partial charge on any atom is 0.271 e. The summed E-state index contributed by atoms with van der Waals surface area (Å²) in [6.07, 6.45) is 3.00. The smallest absolute Gasteiger partial charge is 0.271 e. The Morgan fingerprint density at radius 3 is 2.81 bits per heavy atom. The number of thioether (sulfide) groups is 1. The average molecular weight is 373 g/mol. The van der Waals surface area contributed by atoms with Gasteiger partial charge in [0.05, 0.1) is 15.9 Å². The van der Waals surface area contributed by atoms with Crippen LogP contribution in [0.1, 0.15) is 37.9 Å². The van der Waals surface area contributed by atoms with E-state index in [-0.39, 0.29) is 16.8 Å². The highest BCUT2D eigenvalue weighted by Gasteiger charge is 2.36. The number of aromatic nitrogens is 3. The first-order valence-electron chi connectivity index (χ1n) is 8.74. The third-order valence-corrected chi connectivity index (χ3v) is 6.00. The summed E-state index contributed by atoms with van der Waals surface area (Å²) in [5.41, 5.74) is 0.564. The number of amides is 1. The van der Waals surface area contributed by atoms with E-state index < -0.39 is 4.92 Å². The van der Waals surface area contributed by atoms with E-state index in [1.165, 1.54) is 23.9 Å². The number of nitro benzene ring substituents is 1. The van der Waals surface area contributed by atoms with Crippen molar-refractivity contribution in [2.75, 3.05) is 11.4 Å². The number of hydrogen-bond acceptors (Lipinski definition) is 6. The van der Waals surface area contributed by atoms with Gasteiger partial charge in [-0.15, -0.1) is 10.2 Å². The number of nitro groups is 1. The molecule has 0 N–H and O–H groups in total. The summed E-state index contributed by atoms with van der Waals surface area (Å²) in [6.45, 7) is 3.40. The Hall–Kier alpha value is -2.42. The molecule has 0 radical (unpaired) electrons. The number of benzene rings is 1. The number of carbonyl (C=O) groups is 1. The second-order valence-electron chi connectivity index (χ2n) is 6.52. The normalized spacial score (nSPS) is 20.0. The van der Waals surface area contributed by atoms with Gasteiger partial charge in [-0.05, 0) is 32.3 Å². The highest BCUT2D eigenvalue weighted by Crippen LogP contribution is 2.41. The van der Waals surface area contributed by atoms with Gasteiger partial charge in [-0.25, -0.2) is 0 Å². The molecule has 1 aliphatic carbocycles. The number of carbonyl (C=O) groups excluding carboxylic acids is 1. The van der Waals surface area contributed by atoms with Gasteiger partial charge < -0.3 is 9.47 Å². The molecule has 1 aromatic heterocycles. The first kappa shape index (κ1) is 17.0. The van der Waals surface area contributed by atoms with Crippen molar-refractivity contribution in [1.29, 1.82) is 0 Å². The molecule has 2 aromatic rings. The third kappa shape index (κ3) is 3.07. The van der Waals surface area contributed by atoms with E-state index in [2.05, 4.69) is 21.7 Å². The molecule has 4 rings (SSSR count). The lowest BCUT2D eigenvalue weighted by atomic mass is 10.2. The molecule has 1 unspecified atom stereocenters. The lowest BCUT2D eigenvalue weighted by Crippen LogP contribution is -2.28. The van der Waals surface area contributed by atoms with Crippen LogP contribution in [-0.2, 0) is 11.3 Å². The Morgan fingerprint density at radius 1 is 1.31 bits per heavy atom. The number of non-ortho nitro benzene ring substituents is 1. The Bertz CT molecular complexity index is 864. The third-order valence-electron chi connectivity index (χ3n) is 4.76. The number of hydrogen-bond donors (Lipinski definition) is 0. The molecule has 0 bridgehead atoms. The zero-order chi connectivity index (χ0) is 18.3. The van der Waals surface area contributed by atoms with Crippen LogP contribution in [0.25, 0.3) is 0 Å². The van der Waals surface area contributed by atoms with Gasteiger partial charge in [-0.2, -0.15) is 0 Å². The first-order chi connectivity index (χ1) is 12.6. The van der Waals surface area contributed by atoms with Crippen molar-refractivity contribution in [3.05, 3.63) is 40.2 Å². The molecule has 2 aliphatic rings. The van der Waals surface area contributed by atoms with Crippen LogP contribution >= 0.6 is 11.8 Å². The van der Waals surface area contributed by atoms with Gasteiger partial charge in [0.2, 0.25) is 5.91 Å². The van der Waals surface area contributed by atoms with Crippen LogP contribution in [0.4, 0.5) is 11.4 Å². The molecule has 1 atom stereocenters. The molecular formula is C17H19N5O3S. The van der Waals surface area contributed by atoms with E-state index in [0.29, 0.717) is 24.6 Å². The lowest BCUT2D eigenvalue weighted by molar-refractivity contribution is -0.384. The molecule has 9 heteroatoms. The quantitative estimate of drug-likeness (QED) is 0.571. The van der Waals surface area contributed by atoms with Crippen LogP contribution in [0, 0.1) is 10.1 Å². The van der Waals surface area contributed by atoms with Gasteiger partial charge >= 0.3 is 0 Å². The van der Waals surface area contributed by atoms with Gasteiger partial charge in [0.25, 0.3) is 5.69 Å². The van der Waals surface area contributed by atoms with Crippen molar-refractivity contribution in [2.24, 2.45) is 0 Å². The fraction of sp³-hybridized carbons (Fsp3) is 0.471. The van der Waals surface area contributed by atoms with Crippen LogP contribution in [0.5, 0.6) is 0 Å². The molecule has 8 nitrogen and oxygen atoms in total. The van der Waals surface area contributed by atoms with Crippen molar-refractivity contribution in [1.82, 2.24) is 14.8 Å². The lowest BCUT2D eigenvalue weighted by Gasteiger charge is -2.16. The molecule has 1 aliphatic heterocycles. The number of anilines is 1. The maximum absolute atomic E-state index is 12.8. The van der Waals surface area contributed by atoms with E-state index >= 15 is 0 Å². The minimum atomic E-state index is -0.445. The Kier molecular flexibility index (Phi) is 4.39. The summed E-state index contributed by atoms with van der Waals surface area (Å²) >= 11 is 1.45. The van der Waals surface area contributed by atoms with Crippen LogP contribution < -0.4 is 4.90 Å². The minimum Gasteiger partial charge on any atom is -0.311 e. The standard InChI is InChI=1S/C17H19N5O3S/c1-2-20-15(11-6-7-11)18-19-17(20)26-14-8-9-21(16(14)23)12-4-3-5-13(10-12)22(24)25/h3-5,10-11,14H,2,6-9H2,1H3. The van der Waals surface area contributed by atoms with Crippen molar-refractivity contribution in [3.63, 3.8) is 0 Å². The van der Waals surface area contributed by atoms with Gasteiger partial charge in [0.1, 0.15) is 5.82 Å². The van der Waals surface area contributed by atoms with Crippen molar-refractivity contribution >= 4 is 29.0 Å². The average Bonchev–Trinajstić information content (AvgIpc) is 3.31. The van der Waals surface area contributed by atoms with Crippen LogP contribution in [-0.4, -0.2) is 37.4 Å². The van der Waals surface area contributed by atoms with E-state index in [1.807, 2.05) is 0 Å². The zero-order valence-corrected chi connectivity index (χ0v) is 15.2. The second-order valence-corrected chi connectivity index (χ2v) is 7.69. The molecule has 136 valence electrons. The van der Waals surface area contributed by atoms with E-state index in [0.717, 1.165) is 30.4 Å². The van der Waals surface area contributed by atoms with Crippen LogP contribution in [0.2, 0.25) is 0 Å². The zero-order valence-electron chi connectivity index (χ0n) is 14.4. The summed E-state index contributed by atoms with van der Waals surface area (Å²) < 4.78 is 2.10. The topological polar surface area (TPSA) is 94.2 Å². The van der Waals surface area contributed by atoms with Gasteiger partial charge in [0.15, 0.2) is 5.16 Å². The molecular weight excluding hydrogens is 354 g/mol. The Morgan fingerprint density at radius 2 is 2.12 bits per heavy atom. The van der Waals surface area contributed by atoms with E-state index in [4.69, 9.17) is 0 Å². The van der Waals surface area contributed by atoms with E-state index in [1.54, 1.807) is 17.0 Å². The van der Waals surface area contributed by atoms with Gasteiger partial charge in [0, 0.05) is 31.1 Å². The Balaban J connectivity index is 1.51. The molecule has 1 saturated heterocycles. The number of rotatable bonds is 6. The van der Waals surface area contributed by atoms with Crippen molar-refractivity contribution in [3.8, 4) is 0 Å². The summed E-state index contributed by atoms with van der Waals surface area (Å²) in [5, 5.41) is 20.1. The predicted octanol–water partition coefficient (Wildman–Crippen LogP) is 2.98. The van der Waals surface area contributed by atoms with Crippen LogP contribution in [0.15, 0.2) is 29.4 Å².